The van der Waals surface area contributed by atoms with Crippen LogP contribution < -0.4 is 5.73 Å². The molecular formula is C21H24N4O2. The van der Waals surface area contributed by atoms with E-state index in [1.807, 2.05) is 57.2 Å². The fraction of sp³-hybridized carbons (Fsp3) is 0.333. The molecule has 2 N–H and O–H groups in total. The van der Waals surface area contributed by atoms with Gasteiger partial charge in [-0.15, -0.1) is 0 Å². The third-order valence-corrected chi connectivity index (χ3v) is 4.63. The summed E-state index contributed by atoms with van der Waals surface area (Å²) in [6, 6.07) is 11.9. The Kier molecular flexibility index (Phi) is 4.06. The molecule has 0 fully saturated rings. The number of carbonyl (C=O) groups is 1. The van der Waals surface area contributed by atoms with Crippen LogP contribution in [0, 0.1) is 0 Å². The monoisotopic (exact) mass is 364 g/mol. The molecule has 1 aliphatic heterocycles. The van der Waals surface area contributed by atoms with Crippen LogP contribution in [0.4, 0.5) is 10.5 Å². The highest BCUT2D eigenvalue weighted by Crippen LogP contribution is 2.26. The van der Waals surface area contributed by atoms with Crippen LogP contribution in [-0.2, 0) is 17.7 Å². The number of imidazole rings is 1. The number of nitrogens with two attached hydrogens (primary N) is 1. The summed E-state index contributed by atoms with van der Waals surface area (Å²) in [5.41, 5.74) is 11.3. The third-order valence-electron chi connectivity index (χ3n) is 4.63. The van der Waals surface area contributed by atoms with Gasteiger partial charge in [0.1, 0.15) is 11.2 Å². The van der Waals surface area contributed by atoms with Crippen LogP contribution in [0.2, 0.25) is 0 Å². The van der Waals surface area contributed by atoms with Crippen LogP contribution in [-0.4, -0.2) is 32.5 Å². The Morgan fingerprint density at radius 2 is 2.00 bits per heavy atom. The smallest absolute Gasteiger partial charge is 0.410 e. The molecule has 1 aliphatic rings. The molecule has 3 aromatic rings. The minimum atomic E-state index is -0.497. The first-order chi connectivity index (χ1) is 12.8. The summed E-state index contributed by atoms with van der Waals surface area (Å²) in [5, 5.41) is 0. The van der Waals surface area contributed by atoms with E-state index in [9.17, 15) is 4.79 Å². The molecule has 1 aromatic carbocycles. The van der Waals surface area contributed by atoms with Gasteiger partial charge in [0.15, 0.2) is 0 Å². The van der Waals surface area contributed by atoms with Gasteiger partial charge in [0.05, 0.1) is 12.2 Å². The molecule has 0 saturated carbocycles. The molecule has 2 aromatic heterocycles. The summed E-state index contributed by atoms with van der Waals surface area (Å²) < 4.78 is 7.62. The maximum absolute atomic E-state index is 12.4. The van der Waals surface area contributed by atoms with E-state index in [-0.39, 0.29) is 6.09 Å². The zero-order valence-corrected chi connectivity index (χ0v) is 15.9. The van der Waals surface area contributed by atoms with Crippen molar-refractivity contribution in [2.24, 2.45) is 0 Å². The number of ether oxygens (including phenoxy) is 1. The van der Waals surface area contributed by atoms with Crippen molar-refractivity contribution in [3.05, 3.63) is 54.0 Å². The highest BCUT2D eigenvalue weighted by Gasteiger charge is 2.28. The van der Waals surface area contributed by atoms with E-state index >= 15 is 0 Å². The lowest BCUT2D eigenvalue weighted by atomic mass is 10.1. The van der Waals surface area contributed by atoms with Crippen LogP contribution in [0.15, 0.2) is 42.6 Å². The minimum Gasteiger partial charge on any atom is -0.444 e. The second-order valence-electron chi connectivity index (χ2n) is 7.93. The highest BCUT2D eigenvalue weighted by molar-refractivity contribution is 5.70. The fourth-order valence-electron chi connectivity index (χ4n) is 3.41. The molecule has 0 aliphatic carbocycles. The van der Waals surface area contributed by atoms with Crippen LogP contribution >= 0.6 is 0 Å². The van der Waals surface area contributed by atoms with E-state index in [0.29, 0.717) is 13.1 Å². The molecule has 1 amide bonds. The number of amides is 1. The van der Waals surface area contributed by atoms with Gasteiger partial charge in [-0.05, 0) is 56.2 Å². The number of nitrogen functional groups attached to an aromatic ring is 1. The van der Waals surface area contributed by atoms with Crippen molar-refractivity contribution in [2.75, 3.05) is 12.3 Å². The standard InChI is InChI=1S/C21H24N4O2/c1-21(2,3)27-20(26)24-10-9-18-17(13-24)23-19-8-7-15(12-25(18)19)14-5-4-6-16(22)11-14/h4-8,11-12H,9-10,13,22H2,1-3H3. The average Bonchev–Trinajstić information content (AvgIpc) is 2.97. The Labute approximate surface area is 158 Å². The molecule has 4 rings (SSSR count). The van der Waals surface area contributed by atoms with Gasteiger partial charge in [-0.1, -0.05) is 12.1 Å². The molecule has 6 heteroatoms. The second kappa shape index (κ2) is 6.30. The van der Waals surface area contributed by atoms with Gasteiger partial charge in [0.2, 0.25) is 0 Å². The van der Waals surface area contributed by atoms with Crippen molar-refractivity contribution in [3.8, 4) is 11.1 Å². The average molecular weight is 364 g/mol. The maximum Gasteiger partial charge on any atom is 0.410 e. The van der Waals surface area contributed by atoms with Gasteiger partial charge in [-0.2, -0.15) is 0 Å². The topological polar surface area (TPSA) is 72.9 Å². The number of hydrogen-bond acceptors (Lipinski definition) is 4. The number of aromatic nitrogens is 2. The lowest BCUT2D eigenvalue weighted by Crippen LogP contribution is -2.40. The van der Waals surface area contributed by atoms with Crippen molar-refractivity contribution < 1.29 is 9.53 Å². The van der Waals surface area contributed by atoms with Gasteiger partial charge in [0, 0.05) is 30.5 Å². The molecule has 0 unspecified atom stereocenters. The highest BCUT2D eigenvalue weighted by atomic mass is 16.6. The van der Waals surface area contributed by atoms with Crippen LogP contribution in [0.3, 0.4) is 0 Å². The quantitative estimate of drug-likeness (QED) is 0.665. The molecule has 3 heterocycles. The summed E-state index contributed by atoms with van der Waals surface area (Å²) in [6.07, 6.45) is 2.56. The number of carbonyl (C=O) groups excluding carboxylic acids is 1. The van der Waals surface area contributed by atoms with Gasteiger partial charge in [-0.3, -0.25) is 0 Å². The van der Waals surface area contributed by atoms with E-state index in [0.717, 1.165) is 40.3 Å². The number of nitrogens with zero attached hydrogens (tertiary/aromatic N) is 3. The Bertz CT molecular complexity index is 1020. The first kappa shape index (κ1) is 17.4. The SMILES string of the molecule is CC(C)(C)OC(=O)N1CCc2c(nc3ccc(-c4cccc(N)c4)cn23)C1. The maximum atomic E-state index is 12.4. The Morgan fingerprint density at radius 1 is 1.19 bits per heavy atom. The number of fused-ring (bicyclic) bond motifs is 3. The molecule has 0 spiro atoms. The lowest BCUT2D eigenvalue weighted by Gasteiger charge is -2.29. The Morgan fingerprint density at radius 3 is 2.74 bits per heavy atom. The molecule has 0 bridgehead atoms. The van der Waals surface area contributed by atoms with Crippen LogP contribution in [0.25, 0.3) is 16.8 Å². The number of hydrogen-bond donors (Lipinski definition) is 1. The van der Waals surface area contributed by atoms with E-state index in [4.69, 9.17) is 15.5 Å². The number of rotatable bonds is 1. The largest absolute Gasteiger partial charge is 0.444 e. The number of benzene rings is 1. The summed E-state index contributed by atoms with van der Waals surface area (Å²) in [6.45, 7) is 6.73. The predicted octanol–water partition coefficient (Wildman–Crippen LogP) is 3.88. The van der Waals surface area contributed by atoms with E-state index in [2.05, 4.69) is 10.6 Å². The van der Waals surface area contributed by atoms with E-state index in [1.54, 1.807) is 4.90 Å². The second-order valence-corrected chi connectivity index (χ2v) is 7.93. The molecule has 0 atom stereocenters. The first-order valence-corrected chi connectivity index (χ1v) is 9.14. The molecule has 0 saturated heterocycles. The van der Waals surface area contributed by atoms with Crippen molar-refractivity contribution in [3.63, 3.8) is 0 Å². The Balaban J connectivity index is 1.64. The summed E-state index contributed by atoms with van der Waals surface area (Å²) >= 11 is 0. The fourth-order valence-corrected chi connectivity index (χ4v) is 3.41. The molecule has 140 valence electrons. The van der Waals surface area contributed by atoms with Crippen LogP contribution in [0.1, 0.15) is 32.2 Å². The Hall–Kier alpha value is -3.02. The zero-order valence-electron chi connectivity index (χ0n) is 15.9. The van der Waals surface area contributed by atoms with E-state index in [1.165, 1.54) is 0 Å². The molecular weight excluding hydrogens is 340 g/mol. The van der Waals surface area contributed by atoms with Crippen molar-refractivity contribution >= 4 is 17.4 Å². The van der Waals surface area contributed by atoms with Gasteiger partial charge in [-0.25, -0.2) is 9.78 Å². The number of pyridine rings is 1. The van der Waals surface area contributed by atoms with Crippen LogP contribution in [0.5, 0.6) is 0 Å². The van der Waals surface area contributed by atoms with Gasteiger partial charge >= 0.3 is 6.09 Å². The number of anilines is 1. The lowest BCUT2D eigenvalue weighted by molar-refractivity contribution is 0.0220. The zero-order chi connectivity index (χ0) is 19.2. The molecule has 0 radical (unpaired) electrons. The van der Waals surface area contributed by atoms with Crippen molar-refractivity contribution in [1.29, 1.82) is 0 Å². The minimum absolute atomic E-state index is 0.286. The van der Waals surface area contributed by atoms with Crippen molar-refractivity contribution in [2.45, 2.75) is 39.3 Å². The van der Waals surface area contributed by atoms with Gasteiger partial charge < -0.3 is 19.8 Å². The normalized spacial score (nSPS) is 14.3. The summed E-state index contributed by atoms with van der Waals surface area (Å²) in [7, 11) is 0. The predicted molar refractivity (Wildman–Crippen MR) is 105 cm³/mol. The third kappa shape index (κ3) is 3.47. The first-order valence-electron chi connectivity index (χ1n) is 9.14. The summed E-state index contributed by atoms with van der Waals surface area (Å²) in [5.74, 6) is 0. The molecule has 6 nitrogen and oxygen atoms in total. The summed E-state index contributed by atoms with van der Waals surface area (Å²) in [4.78, 5) is 18.8. The van der Waals surface area contributed by atoms with Crippen molar-refractivity contribution in [1.82, 2.24) is 14.3 Å². The molecule has 27 heavy (non-hydrogen) atoms. The van der Waals surface area contributed by atoms with Gasteiger partial charge in [0.25, 0.3) is 0 Å². The van der Waals surface area contributed by atoms with E-state index < -0.39 is 5.60 Å².